The van der Waals surface area contributed by atoms with E-state index in [0.717, 1.165) is 11.1 Å². The highest BCUT2D eigenvalue weighted by molar-refractivity contribution is 8.09. The molecule has 0 N–H and O–H groups in total. The molecule has 26 heavy (non-hydrogen) atoms. The molecule has 0 saturated carbocycles. The molecule has 2 aromatic carbocycles. The molecule has 0 unspecified atom stereocenters. The number of hydrogen-bond acceptors (Lipinski definition) is 3. The van der Waals surface area contributed by atoms with E-state index in [-0.39, 0.29) is 9.81 Å². The summed E-state index contributed by atoms with van der Waals surface area (Å²) in [5.41, 5.74) is 4.46. The number of sulfone groups is 1. The zero-order chi connectivity index (χ0) is 18.9. The van der Waals surface area contributed by atoms with Crippen LogP contribution in [0.4, 0.5) is 0 Å². The first-order chi connectivity index (χ1) is 12.3. The standard InChI is InChI=1S/C22H19NO2S/c1-15-4-8-18(9-5-15)21-12-20(17(3)14-23)13-22(26(21,24)25)19-10-6-16(2)7-11-19/h4-13H,1-3H3. The molecule has 3 rings (SSSR count). The topological polar surface area (TPSA) is 57.9 Å². The molecule has 3 nitrogen and oxygen atoms in total. The van der Waals surface area contributed by atoms with Crippen molar-refractivity contribution in [2.45, 2.75) is 20.8 Å². The molecule has 2 aromatic rings. The first-order valence-corrected chi connectivity index (χ1v) is 9.75. The molecule has 0 bridgehead atoms. The Morgan fingerprint density at radius 2 is 1.19 bits per heavy atom. The number of aryl methyl sites for hydroxylation is 2. The Bertz CT molecular complexity index is 1020. The van der Waals surface area contributed by atoms with Crippen LogP contribution in [0.3, 0.4) is 0 Å². The minimum Gasteiger partial charge on any atom is -0.218 e. The van der Waals surface area contributed by atoms with E-state index in [2.05, 4.69) is 6.07 Å². The van der Waals surface area contributed by atoms with Gasteiger partial charge in [0.05, 0.1) is 15.9 Å². The van der Waals surface area contributed by atoms with E-state index < -0.39 is 9.84 Å². The summed E-state index contributed by atoms with van der Waals surface area (Å²) in [4.78, 5) is 0.445. The molecule has 0 aromatic heterocycles. The number of rotatable bonds is 2. The smallest absolute Gasteiger partial charge is 0.207 e. The molecule has 1 aliphatic heterocycles. The van der Waals surface area contributed by atoms with E-state index in [9.17, 15) is 13.7 Å². The van der Waals surface area contributed by atoms with E-state index in [1.165, 1.54) is 0 Å². The van der Waals surface area contributed by atoms with Crippen LogP contribution in [0, 0.1) is 25.2 Å². The molecule has 0 atom stereocenters. The van der Waals surface area contributed by atoms with Crippen LogP contribution in [0.15, 0.2) is 71.8 Å². The lowest BCUT2D eigenvalue weighted by Gasteiger charge is -2.19. The molecule has 130 valence electrons. The summed E-state index contributed by atoms with van der Waals surface area (Å²) in [6.45, 7) is 5.60. The van der Waals surface area contributed by atoms with Crippen molar-refractivity contribution in [1.82, 2.24) is 0 Å². The van der Waals surface area contributed by atoms with Crippen LogP contribution in [0.2, 0.25) is 0 Å². The fourth-order valence-electron chi connectivity index (χ4n) is 2.79. The third-order valence-electron chi connectivity index (χ3n) is 4.43. The molecule has 0 spiro atoms. The largest absolute Gasteiger partial charge is 0.218 e. The first kappa shape index (κ1) is 17.9. The molecular weight excluding hydrogens is 342 g/mol. The molecule has 1 aliphatic rings. The summed E-state index contributed by atoms with van der Waals surface area (Å²) < 4.78 is 26.6. The van der Waals surface area contributed by atoms with Crippen LogP contribution in [-0.4, -0.2) is 8.42 Å². The minimum absolute atomic E-state index is 0.222. The van der Waals surface area contributed by atoms with Gasteiger partial charge in [0.15, 0.2) is 0 Å². The Kier molecular flexibility index (Phi) is 4.67. The maximum Gasteiger partial charge on any atom is 0.207 e. The highest BCUT2D eigenvalue weighted by Gasteiger charge is 2.30. The van der Waals surface area contributed by atoms with E-state index in [1.807, 2.05) is 38.1 Å². The van der Waals surface area contributed by atoms with Crippen molar-refractivity contribution in [2.75, 3.05) is 0 Å². The van der Waals surface area contributed by atoms with Crippen LogP contribution < -0.4 is 0 Å². The molecule has 0 aliphatic carbocycles. The van der Waals surface area contributed by atoms with Crippen LogP contribution in [-0.2, 0) is 9.84 Å². The Morgan fingerprint density at radius 1 is 0.808 bits per heavy atom. The van der Waals surface area contributed by atoms with Gasteiger partial charge in [0, 0.05) is 5.57 Å². The average Bonchev–Trinajstić information content (AvgIpc) is 2.62. The Hall–Kier alpha value is -2.90. The molecule has 0 radical (unpaired) electrons. The maximum absolute atomic E-state index is 13.3. The van der Waals surface area contributed by atoms with Crippen molar-refractivity contribution >= 4 is 19.6 Å². The maximum atomic E-state index is 13.3. The third kappa shape index (κ3) is 3.26. The van der Waals surface area contributed by atoms with Crippen LogP contribution in [0.25, 0.3) is 9.81 Å². The van der Waals surface area contributed by atoms with Gasteiger partial charge < -0.3 is 0 Å². The molecule has 0 fully saturated rings. The number of allylic oxidation sites excluding steroid dienone is 4. The minimum atomic E-state index is -3.69. The second-order valence-corrected chi connectivity index (χ2v) is 8.33. The normalized spacial score (nSPS) is 15.7. The predicted octanol–water partition coefficient (Wildman–Crippen LogP) is 4.95. The van der Waals surface area contributed by atoms with Gasteiger partial charge in [-0.15, -0.1) is 0 Å². The van der Waals surface area contributed by atoms with Crippen molar-refractivity contribution in [1.29, 1.82) is 5.26 Å². The molecule has 1 heterocycles. The summed E-state index contributed by atoms with van der Waals surface area (Å²) in [7, 11) is -3.69. The average molecular weight is 361 g/mol. The van der Waals surface area contributed by atoms with Gasteiger partial charge in [0.2, 0.25) is 9.84 Å². The fourth-order valence-corrected chi connectivity index (χ4v) is 4.49. The lowest BCUT2D eigenvalue weighted by Crippen LogP contribution is -2.11. The summed E-state index contributed by atoms with van der Waals surface area (Å²) in [5, 5.41) is 9.29. The second kappa shape index (κ2) is 6.78. The SMILES string of the molecule is CC(C#N)=C1C=C(c2ccc(C)cc2)S(=O)(=O)C(c2ccc(C)cc2)=C1. The lowest BCUT2D eigenvalue weighted by molar-refractivity contribution is 0.614. The van der Waals surface area contributed by atoms with Crippen LogP contribution in [0.5, 0.6) is 0 Å². The van der Waals surface area contributed by atoms with Gasteiger partial charge >= 0.3 is 0 Å². The number of benzene rings is 2. The van der Waals surface area contributed by atoms with Crippen molar-refractivity contribution in [2.24, 2.45) is 0 Å². The van der Waals surface area contributed by atoms with Gasteiger partial charge in [0.25, 0.3) is 0 Å². The van der Waals surface area contributed by atoms with Gasteiger partial charge in [-0.05, 0) is 49.6 Å². The first-order valence-electron chi connectivity index (χ1n) is 8.26. The summed E-state index contributed by atoms with van der Waals surface area (Å²) in [6, 6.07) is 16.9. The fraction of sp³-hybridized carbons (Fsp3) is 0.136. The molecular formula is C22H19NO2S. The quantitative estimate of drug-likeness (QED) is 0.711. The molecule has 0 amide bonds. The monoisotopic (exact) mass is 361 g/mol. The molecule has 4 heteroatoms. The number of nitriles is 1. The van der Waals surface area contributed by atoms with Crippen molar-refractivity contribution in [3.05, 3.63) is 94.1 Å². The van der Waals surface area contributed by atoms with Gasteiger partial charge in [-0.25, -0.2) is 8.42 Å². The number of hydrogen-bond donors (Lipinski definition) is 0. The van der Waals surface area contributed by atoms with Crippen LogP contribution in [0.1, 0.15) is 29.2 Å². The van der Waals surface area contributed by atoms with Gasteiger partial charge in [-0.2, -0.15) is 5.26 Å². The van der Waals surface area contributed by atoms with Gasteiger partial charge in [-0.1, -0.05) is 59.7 Å². The lowest BCUT2D eigenvalue weighted by atomic mass is 10.0. The zero-order valence-corrected chi connectivity index (χ0v) is 15.8. The third-order valence-corrected chi connectivity index (χ3v) is 6.29. The summed E-state index contributed by atoms with van der Waals surface area (Å²) in [6.07, 6.45) is 3.19. The Morgan fingerprint density at radius 3 is 1.54 bits per heavy atom. The summed E-state index contributed by atoms with van der Waals surface area (Å²) >= 11 is 0. The highest BCUT2D eigenvalue weighted by Crippen LogP contribution is 2.39. The van der Waals surface area contributed by atoms with E-state index in [0.29, 0.717) is 22.3 Å². The zero-order valence-electron chi connectivity index (χ0n) is 14.9. The second-order valence-electron chi connectivity index (χ2n) is 6.44. The van der Waals surface area contributed by atoms with E-state index >= 15 is 0 Å². The Labute approximate surface area is 154 Å². The summed E-state index contributed by atoms with van der Waals surface area (Å²) in [5.74, 6) is 0. The van der Waals surface area contributed by atoms with Crippen LogP contribution >= 0.6 is 0 Å². The Balaban J connectivity index is 2.26. The van der Waals surface area contributed by atoms with E-state index in [4.69, 9.17) is 0 Å². The number of nitrogens with zero attached hydrogens (tertiary/aromatic N) is 1. The highest BCUT2D eigenvalue weighted by atomic mass is 32.2. The molecule has 0 saturated heterocycles. The van der Waals surface area contributed by atoms with Crippen molar-refractivity contribution in [3.8, 4) is 6.07 Å². The predicted molar refractivity (Wildman–Crippen MR) is 106 cm³/mol. The van der Waals surface area contributed by atoms with E-state index in [1.54, 1.807) is 43.3 Å². The van der Waals surface area contributed by atoms with Crippen molar-refractivity contribution < 1.29 is 8.42 Å². The van der Waals surface area contributed by atoms with Gasteiger partial charge in [-0.3, -0.25) is 0 Å². The van der Waals surface area contributed by atoms with Gasteiger partial charge in [0.1, 0.15) is 0 Å². The van der Waals surface area contributed by atoms with Crippen molar-refractivity contribution in [3.63, 3.8) is 0 Å².